The van der Waals surface area contributed by atoms with Crippen molar-refractivity contribution in [1.29, 1.82) is 0 Å². The summed E-state index contributed by atoms with van der Waals surface area (Å²) in [7, 11) is 0. The molecule has 154 valence electrons. The topological polar surface area (TPSA) is 27.1 Å². The fourth-order valence-electron chi connectivity index (χ4n) is 3.87. The summed E-state index contributed by atoms with van der Waals surface area (Å²) in [5.41, 5.74) is 6.02. The van der Waals surface area contributed by atoms with Crippen molar-refractivity contribution in [3.05, 3.63) is 83.9 Å². The molecule has 1 unspecified atom stereocenters. The van der Waals surface area contributed by atoms with Gasteiger partial charge in [0.25, 0.3) is 0 Å². The Hall–Kier alpha value is -3.07. The molecular weight excluding hydrogens is 368 g/mol. The monoisotopic (exact) mass is 398 g/mol. The number of para-hydroxylation sites is 2. The van der Waals surface area contributed by atoms with Crippen LogP contribution in [0.15, 0.2) is 72.8 Å². The summed E-state index contributed by atoms with van der Waals surface area (Å²) >= 11 is 0. The lowest BCUT2D eigenvalue weighted by atomic mass is 9.99. The van der Waals surface area contributed by atoms with Crippen LogP contribution >= 0.6 is 0 Å². The molecule has 1 atom stereocenters. The summed E-state index contributed by atoms with van der Waals surface area (Å²) in [4.78, 5) is 4.94. The average Bonchev–Trinajstić information content (AvgIpc) is 3.15. The minimum Gasteiger partial charge on any atom is -0.494 e. The second-order valence-electron chi connectivity index (χ2n) is 7.97. The van der Waals surface area contributed by atoms with E-state index in [-0.39, 0.29) is 0 Å². The zero-order valence-corrected chi connectivity index (χ0v) is 18.1. The van der Waals surface area contributed by atoms with Crippen LogP contribution in [0.4, 0.5) is 0 Å². The van der Waals surface area contributed by atoms with Crippen LogP contribution in [0.1, 0.15) is 43.7 Å². The fourth-order valence-corrected chi connectivity index (χ4v) is 3.87. The average molecular weight is 399 g/mol. The van der Waals surface area contributed by atoms with Crippen LogP contribution in [0.3, 0.4) is 0 Å². The van der Waals surface area contributed by atoms with E-state index in [4.69, 9.17) is 9.72 Å². The molecule has 0 radical (unpaired) electrons. The first kappa shape index (κ1) is 20.2. The Balaban J connectivity index is 1.48. The molecule has 3 nitrogen and oxygen atoms in total. The minimum atomic E-state index is 0.591. The molecule has 30 heavy (non-hydrogen) atoms. The van der Waals surface area contributed by atoms with Crippen LogP contribution in [0.5, 0.6) is 5.75 Å². The molecule has 1 aromatic heterocycles. The molecule has 3 aromatic carbocycles. The van der Waals surface area contributed by atoms with Crippen LogP contribution in [-0.2, 0) is 6.54 Å². The van der Waals surface area contributed by atoms with Crippen LogP contribution in [0, 0.1) is 6.92 Å². The van der Waals surface area contributed by atoms with Crippen LogP contribution in [0.25, 0.3) is 22.4 Å². The molecule has 1 heterocycles. The molecule has 4 aromatic rings. The van der Waals surface area contributed by atoms with E-state index in [1.807, 2.05) is 6.07 Å². The molecule has 0 N–H and O–H groups in total. The third-order valence-electron chi connectivity index (χ3n) is 5.90. The smallest absolute Gasteiger partial charge is 0.141 e. The predicted molar refractivity (Wildman–Crippen MR) is 125 cm³/mol. The Morgan fingerprint density at radius 3 is 2.43 bits per heavy atom. The molecular formula is C27H30N2O. The van der Waals surface area contributed by atoms with Crippen molar-refractivity contribution in [2.75, 3.05) is 6.61 Å². The van der Waals surface area contributed by atoms with Gasteiger partial charge < -0.3 is 9.30 Å². The third-order valence-corrected chi connectivity index (χ3v) is 5.90. The second kappa shape index (κ2) is 9.17. The van der Waals surface area contributed by atoms with Crippen molar-refractivity contribution in [2.45, 2.75) is 46.1 Å². The number of hydrogen-bond donors (Lipinski definition) is 0. The van der Waals surface area contributed by atoms with E-state index in [1.165, 1.54) is 22.2 Å². The maximum absolute atomic E-state index is 6.02. The molecule has 0 aliphatic rings. The van der Waals surface area contributed by atoms with E-state index in [2.05, 4.69) is 92.1 Å². The Labute approximate surface area is 179 Å². The maximum Gasteiger partial charge on any atom is 0.141 e. The van der Waals surface area contributed by atoms with Crippen molar-refractivity contribution in [3.63, 3.8) is 0 Å². The van der Waals surface area contributed by atoms with Gasteiger partial charge in [0.2, 0.25) is 0 Å². The summed E-state index contributed by atoms with van der Waals surface area (Å²) in [6.07, 6.45) is 2.08. The summed E-state index contributed by atoms with van der Waals surface area (Å²) in [6.45, 7) is 8.18. The number of fused-ring (bicyclic) bond motifs is 1. The largest absolute Gasteiger partial charge is 0.494 e. The highest BCUT2D eigenvalue weighted by molar-refractivity contribution is 5.81. The van der Waals surface area contributed by atoms with E-state index in [1.54, 1.807) is 0 Å². The molecule has 0 saturated carbocycles. The zero-order valence-electron chi connectivity index (χ0n) is 18.1. The molecule has 3 heteroatoms. The first-order valence-corrected chi connectivity index (χ1v) is 10.9. The van der Waals surface area contributed by atoms with Gasteiger partial charge in [0.15, 0.2) is 0 Å². The van der Waals surface area contributed by atoms with Crippen LogP contribution < -0.4 is 4.74 Å². The van der Waals surface area contributed by atoms with Crippen molar-refractivity contribution in [2.24, 2.45) is 0 Å². The second-order valence-corrected chi connectivity index (χ2v) is 7.97. The molecule has 0 bridgehead atoms. The molecule has 0 aliphatic heterocycles. The fraction of sp³-hybridized carbons (Fsp3) is 0.296. The molecule has 0 fully saturated rings. The summed E-state index contributed by atoms with van der Waals surface area (Å²) < 4.78 is 8.35. The highest BCUT2D eigenvalue weighted by atomic mass is 16.5. The van der Waals surface area contributed by atoms with Gasteiger partial charge in [-0.15, -0.1) is 0 Å². The van der Waals surface area contributed by atoms with Gasteiger partial charge in [0.1, 0.15) is 11.6 Å². The highest BCUT2D eigenvalue weighted by Gasteiger charge is 2.13. The van der Waals surface area contributed by atoms with E-state index in [0.717, 1.165) is 36.5 Å². The van der Waals surface area contributed by atoms with Gasteiger partial charge in [-0.2, -0.15) is 0 Å². The van der Waals surface area contributed by atoms with E-state index < -0.39 is 0 Å². The van der Waals surface area contributed by atoms with Gasteiger partial charge in [-0.05, 0) is 61.1 Å². The molecule has 0 spiro atoms. The number of aryl methyl sites for hydroxylation is 2. The number of imidazole rings is 1. The number of aromatic nitrogens is 2. The van der Waals surface area contributed by atoms with Gasteiger partial charge in [-0.1, -0.05) is 62.4 Å². The number of rotatable bonds is 8. The molecule has 4 rings (SSSR count). The lowest BCUT2D eigenvalue weighted by molar-refractivity contribution is 0.302. The lowest BCUT2D eigenvalue weighted by Gasteiger charge is -2.13. The summed E-state index contributed by atoms with van der Waals surface area (Å²) in [5.74, 6) is 2.57. The van der Waals surface area contributed by atoms with E-state index >= 15 is 0 Å². The standard InChI is InChI=1S/C27H30N2O/c1-4-20(2)22-14-16-23(17-15-22)30-19-9-18-29-26-13-8-7-12-25(26)28-27(29)24-11-6-5-10-21(24)3/h5-8,10-17,20H,4,9,18-19H2,1-3H3. The quantitative estimate of drug-likeness (QED) is 0.299. The Bertz CT molecular complexity index is 1110. The summed E-state index contributed by atoms with van der Waals surface area (Å²) in [6, 6.07) is 25.4. The summed E-state index contributed by atoms with van der Waals surface area (Å²) in [5, 5.41) is 0. The van der Waals surface area contributed by atoms with Gasteiger partial charge in [0, 0.05) is 12.1 Å². The zero-order chi connectivity index (χ0) is 20.9. The predicted octanol–water partition coefficient (Wildman–Crippen LogP) is 6.99. The SMILES string of the molecule is CCC(C)c1ccc(OCCCn2c(-c3ccccc3C)nc3ccccc32)cc1. The van der Waals surface area contributed by atoms with Crippen molar-refractivity contribution >= 4 is 11.0 Å². The van der Waals surface area contributed by atoms with E-state index in [9.17, 15) is 0 Å². The van der Waals surface area contributed by atoms with Crippen molar-refractivity contribution < 1.29 is 4.74 Å². The van der Waals surface area contributed by atoms with Crippen LogP contribution in [0.2, 0.25) is 0 Å². The van der Waals surface area contributed by atoms with Gasteiger partial charge in [0.05, 0.1) is 17.6 Å². The van der Waals surface area contributed by atoms with Crippen LogP contribution in [-0.4, -0.2) is 16.2 Å². The number of benzene rings is 3. The number of ether oxygens (including phenoxy) is 1. The Morgan fingerprint density at radius 2 is 1.67 bits per heavy atom. The van der Waals surface area contributed by atoms with Gasteiger partial charge in [-0.3, -0.25) is 0 Å². The van der Waals surface area contributed by atoms with E-state index in [0.29, 0.717) is 12.5 Å². The maximum atomic E-state index is 6.02. The third kappa shape index (κ3) is 4.25. The highest BCUT2D eigenvalue weighted by Crippen LogP contribution is 2.27. The van der Waals surface area contributed by atoms with Gasteiger partial charge in [-0.25, -0.2) is 4.98 Å². The molecule has 0 amide bonds. The Kier molecular flexibility index (Phi) is 6.18. The Morgan fingerprint density at radius 1 is 0.933 bits per heavy atom. The normalized spacial score (nSPS) is 12.2. The number of nitrogens with zero attached hydrogens (tertiary/aromatic N) is 2. The molecule has 0 aliphatic carbocycles. The minimum absolute atomic E-state index is 0.591. The first-order chi connectivity index (χ1) is 14.7. The molecule has 0 saturated heterocycles. The van der Waals surface area contributed by atoms with Gasteiger partial charge >= 0.3 is 0 Å². The number of hydrogen-bond acceptors (Lipinski definition) is 2. The van der Waals surface area contributed by atoms with Crippen molar-refractivity contribution in [3.8, 4) is 17.1 Å². The first-order valence-electron chi connectivity index (χ1n) is 10.9. The van der Waals surface area contributed by atoms with Crippen molar-refractivity contribution in [1.82, 2.24) is 9.55 Å². The lowest BCUT2D eigenvalue weighted by Crippen LogP contribution is -2.06.